The van der Waals surface area contributed by atoms with Crippen molar-refractivity contribution in [3.63, 3.8) is 0 Å². The molecule has 2 N–H and O–H groups in total. The van der Waals surface area contributed by atoms with Crippen molar-refractivity contribution in [3.8, 4) is 5.75 Å². The van der Waals surface area contributed by atoms with Crippen molar-refractivity contribution >= 4 is 34.2 Å². The summed E-state index contributed by atoms with van der Waals surface area (Å²) in [5.41, 5.74) is 2.98. The number of fused-ring (bicyclic) bond motifs is 1. The van der Waals surface area contributed by atoms with E-state index in [9.17, 15) is 9.90 Å². The summed E-state index contributed by atoms with van der Waals surface area (Å²) in [6.45, 7) is 4.03. The Morgan fingerprint density at radius 3 is 2.59 bits per heavy atom. The van der Waals surface area contributed by atoms with E-state index in [1.54, 1.807) is 24.3 Å². The van der Waals surface area contributed by atoms with Gasteiger partial charge < -0.3 is 19.6 Å². The van der Waals surface area contributed by atoms with Crippen LogP contribution in [-0.4, -0.2) is 11.0 Å². The number of ether oxygens (including phenoxy) is 1. The van der Waals surface area contributed by atoms with Crippen LogP contribution in [0.1, 0.15) is 46.7 Å². The van der Waals surface area contributed by atoms with Crippen LogP contribution in [0.2, 0.25) is 5.02 Å². The molecule has 0 radical (unpaired) electrons. The molecule has 0 aliphatic heterocycles. The Balaban J connectivity index is 1.64. The Labute approximate surface area is 191 Å². The fourth-order valence-corrected chi connectivity index (χ4v) is 3.99. The summed E-state index contributed by atoms with van der Waals surface area (Å²) in [7, 11) is 0. The van der Waals surface area contributed by atoms with E-state index in [2.05, 4.69) is 5.32 Å². The standard InChI is InChI=1S/C26H24ClNO4/c1-3-21(29)23-16(2)32-25-18(23)11-7-13-20(25)28-26(30)24-19(27)12-8-14-22(24)31-15-17-9-5-4-6-10-17/h4-14,21,29H,3,15H2,1-2H3,(H,28,30). The number of benzene rings is 3. The number of carbonyl (C=O) groups is 1. The van der Waals surface area contributed by atoms with Crippen LogP contribution < -0.4 is 10.1 Å². The highest BCUT2D eigenvalue weighted by atomic mass is 35.5. The van der Waals surface area contributed by atoms with Crippen LogP contribution in [-0.2, 0) is 6.61 Å². The Morgan fingerprint density at radius 1 is 1.09 bits per heavy atom. The Hall–Kier alpha value is -3.28. The van der Waals surface area contributed by atoms with E-state index in [0.29, 0.717) is 35.8 Å². The monoisotopic (exact) mass is 449 g/mol. The number of aliphatic hydroxyl groups is 1. The van der Waals surface area contributed by atoms with Gasteiger partial charge in [-0.3, -0.25) is 4.79 Å². The summed E-state index contributed by atoms with van der Waals surface area (Å²) < 4.78 is 11.8. The Kier molecular flexibility index (Phi) is 6.49. The van der Waals surface area contributed by atoms with Gasteiger partial charge in [0, 0.05) is 10.9 Å². The highest BCUT2D eigenvalue weighted by Crippen LogP contribution is 2.36. The number of amides is 1. The average Bonchev–Trinajstić information content (AvgIpc) is 3.14. The van der Waals surface area contributed by atoms with Gasteiger partial charge in [0.25, 0.3) is 5.91 Å². The smallest absolute Gasteiger partial charge is 0.261 e. The van der Waals surface area contributed by atoms with Crippen molar-refractivity contribution < 1.29 is 19.1 Å². The third kappa shape index (κ3) is 4.35. The Bertz CT molecular complexity index is 1250. The molecule has 4 aromatic rings. The normalized spacial score (nSPS) is 12.0. The van der Waals surface area contributed by atoms with Crippen LogP contribution in [0.25, 0.3) is 11.0 Å². The molecule has 4 rings (SSSR count). The van der Waals surface area contributed by atoms with Gasteiger partial charge in [0.15, 0.2) is 5.58 Å². The molecule has 1 atom stereocenters. The minimum atomic E-state index is -0.635. The molecular formula is C26H24ClNO4. The molecular weight excluding hydrogens is 426 g/mol. The van der Waals surface area contributed by atoms with Crippen molar-refractivity contribution in [3.05, 3.63) is 94.2 Å². The first kappa shape index (κ1) is 21.9. The molecule has 3 aromatic carbocycles. The summed E-state index contributed by atoms with van der Waals surface area (Å²) in [4.78, 5) is 13.2. The molecule has 0 aliphatic rings. The molecule has 1 heterocycles. The first-order valence-electron chi connectivity index (χ1n) is 10.5. The fourth-order valence-electron chi connectivity index (χ4n) is 3.74. The van der Waals surface area contributed by atoms with Gasteiger partial charge >= 0.3 is 0 Å². The molecule has 5 nitrogen and oxygen atoms in total. The number of carbonyl (C=O) groups excluding carboxylic acids is 1. The maximum Gasteiger partial charge on any atom is 0.261 e. The van der Waals surface area contributed by atoms with Crippen LogP contribution in [0.5, 0.6) is 5.75 Å². The molecule has 1 amide bonds. The molecule has 0 saturated heterocycles. The molecule has 1 unspecified atom stereocenters. The van der Waals surface area contributed by atoms with Crippen LogP contribution in [0.15, 0.2) is 71.1 Å². The third-order valence-corrected chi connectivity index (χ3v) is 5.66. The number of para-hydroxylation sites is 1. The number of furan rings is 1. The third-order valence-electron chi connectivity index (χ3n) is 5.35. The van der Waals surface area contributed by atoms with Crippen molar-refractivity contribution in [1.29, 1.82) is 0 Å². The lowest BCUT2D eigenvalue weighted by atomic mass is 10.0. The van der Waals surface area contributed by atoms with E-state index in [0.717, 1.165) is 16.5 Å². The number of aliphatic hydroxyl groups excluding tert-OH is 1. The van der Waals surface area contributed by atoms with Gasteiger partial charge in [0.1, 0.15) is 23.7 Å². The Morgan fingerprint density at radius 2 is 1.84 bits per heavy atom. The van der Waals surface area contributed by atoms with Crippen molar-refractivity contribution in [1.82, 2.24) is 0 Å². The minimum Gasteiger partial charge on any atom is -0.488 e. The molecule has 0 aliphatic carbocycles. The molecule has 0 saturated carbocycles. The molecule has 32 heavy (non-hydrogen) atoms. The van der Waals surface area contributed by atoms with E-state index < -0.39 is 12.0 Å². The number of hydrogen-bond acceptors (Lipinski definition) is 4. The summed E-state index contributed by atoms with van der Waals surface area (Å²) in [6.07, 6.45) is -0.0721. The van der Waals surface area contributed by atoms with Gasteiger partial charge in [-0.2, -0.15) is 0 Å². The minimum absolute atomic E-state index is 0.249. The molecule has 0 bridgehead atoms. The van der Waals surface area contributed by atoms with Crippen LogP contribution in [0.3, 0.4) is 0 Å². The largest absolute Gasteiger partial charge is 0.488 e. The second kappa shape index (κ2) is 9.47. The average molecular weight is 450 g/mol. The van der Waals surface area contributed by atoms with E-state index >= 15 is 0 Å². The summed E-state index contributed by atoms with van der Waals surface area (Å²) in [5.74, 6) is 0.613. The number of rotatable bonds is 7. The van der Waals surface area contributed by atoms with E-state index in [4.69, 9.17) is 20.8 Å². The molecule has 164 valence electrons. The van der Waals surface area contributed by atoms with E-state index in [-0.39, 0.29) is 10.6 Å². The number of aryl methyl sites for hydroxylation is 1. The maximum atomic E-state index is 13.2. The SMILES string of the molecule is CCC(O)c1c(C)oc2c(NC(=O)c3c(Cl)cccc3OCc3ccccc3)cccc12. The van der Waals surface area contributed by atoms with Gasteiger partial charge in [-0.15, -0.1) is 0 Å². The predicted octanol–water partition coefficient (Wildman–Crippen LogP) is 6.67. The molecule has 0 spiro atoms. The number of hydrogen-bond donors (Lipinski definition) is 2. The summed E-state index contributed by atoms with van der Waals surface area (Å²) in [6, 6.07) is 20.3. The van der Waals surface area contributed by atoms with Crippen molar-refractivity contribution in [2.45, 2.75) is 33.0 Å². The number of halogens is 1. The highest BCUT2D eigenvalue weighted by Gasteiger charge is 2.22. The lowest BCUT2D eigenvalue weighted by molar-refractivity contribution is 0.102. The first-order valence-corrected chi connectivity index (χ1v) is 10.8. The van der Waals surface area contributed by atoms with Crippen LogP contribution in [0.4, 0.5) is 5.69 Å². The van der Waals surface area contributed by atoms with E-state index in [1.807, 2.05) is 56.3 Å². The van der Waals surface area contributed by atoms with Crippen LogP contribution in [0, 0.1) is 6.92 Å². The van der Waals surface area contributed by atoms with Gasteiger partial charge in [0.05, 0.1) is 16.8 Å². The van der Waals surface area contributed by atoms with E-state index in [1.165, 1.54) is 0 Å². The quantitative estimate of drug-likeness (QED) is 0.330. The second-order valence-electron chi connectivity index (χ2n) is 7.52. The number of anilines is 1. The summed E-state index contributed by atoms with van der Waals surface area (Å²) >= 11 is 6.38. The van der Waals surface area contributed by atoms with Crippen LogP contribution >= 0.6 is 11.6 Å². The zero-order valence-electron chi connectivity index (χ0n) is 17.9. The highest BCUT2D eigenvalue weighted by molar-refractivity contribution is 6.35. The van der Waals surface area contributed by atoms with Gasteiger partial charge in [-0.1, -0.05) is 67.1 Å². The topological polar surface area (TPSA) is 71.7 Å². The van der Waals surface area contributed by atoms with Crippen molar-refractivity contribution in [2.24, 2.45) is 0 Å². The molecule has 6 heteroatoms. The maximum absolute atomic E-state index is 13.2. The number of nitrogens with one attached hydrogen (secondary N) is 1. The van der Waals surface area contributed by atoms with Crippen molar-refractivity contribution in [2.75, 3.05) is 5.32 Å². The lowest BCUT2D eigenvalue weighted by Crippen LogP contribution is -2.14. The summed E-state index contributed by atoms with van der Waals surface area (Å²) in [5, 5.41) is 14.4. The van der Waals surface area contributed by atoms with Gasteiger partial charge in [-0.25, -0.2) is 0 Å². The zero-order valence-corrected chi connectivity index (χ0v) is 18.6. The second-order valence-corrected chi connectivity index (χ2v) is 7.93. The molecule has 0 fully saturated rings. The zero-order chi connectivity index (χ0) is 22.7. The van der Waals surface area contributed by atoms with Gasteiger partial charge in [-0.05, 0) is 37.1 Å². The lowest BCUT2D eigenvalue weighted by Gasteiger charge is -2.13. The van der Waals surface area contributed by atoms with Gasteiger partial charge in [0.2, 0.25) is 0 Å². The fraction of sp³-hybridized carbons (Fsp3) is 0.192. The molecule has 1 aromatic heterocycles. The first-order chi connectivity index (χ1) is 15.5. The predicted molar refractivity (Wildman–Crippen MR) is 126 cm³/mol.